The molecule has 0 spiro atoms. The number of nitrogens with zero attached hydrogens (tertiary/aromatic N) is 1. The first-order valence-electron chi connectivity index (χ1n) is 10.3. The number of phenols is 1. The molecule has 4 rings (SSSR count). The van der Waals surface area contributed by atoms with Gasteiger partial charge in [0.25, 0.3) is 5.91 Å². The molecule has 7 heteroatoms. The van der Waals surface area contributed by atoms with Gasteiger partial charge in [-0.3, -0.25) is 9.69 Å². The number of hydrogen-bond donors (Lipinski definition) is 2. The molecule has 32 heavy (non-hydrogen) atoms. The van der Waals surface area contributed by atoms with Gasteiger partial charge in [-0.05, 0) is 54.4 Å². The smallest absolute Gasteiger partial charge is 0.336 e. The number of hydrogen-bond acceptors (Lipinski definition) is 6. The summed E-state index contributed by atoms with van der Waals surface area (Å²) in [7, 11) is 1.60. The first-order chi connectivity index (χ1) is 15.4. The summed E-state index contributed by atoms with van der Waals surface area (Å²) < 4.78 is 10.9. The van der Waals surface area contributed by atoms with Gasteiger partial charge in [0.2, 0.25) is 0 Å². The molecule has 4 aromatic rings. The zero-order valence-electron chi connectivity index (χ0n) is 17.9. The number of furan rings is 1. The van der Waals surface area contributed by atoms with Gasteiger partial charge < -0.3 is 19.3 Å². The predicted octanol–water partition coefficient (Wildman–Crippen LogP) is 3.96. The van der Waals surface area contributed by atoms with E-state index >= 15 is 0 Å². The Morgan fingerprint density at radius 1 is 1.06 bits per heavy atom. The molecule has 0 aliphatic heterocycles. The highest BCUT2D eigenvalue weighted by molar-refractivity contribution is 5.93. The number of rotatable bonds is 7. The van der Waals surface area contributed by atoms with Gasteiger partial charge in [0.1, 0.15) is 17.1 Å². The van der Waals surface area contributed by atoms with Gasteiger partial charge in [-0.1, -0.05) is 12.1 Å². The lowest BCUT2D eigenvalue weighted by molar-refractivity contribution is 0.0963. The molecule has 2 aromatic heterocycles. The Labute approximate surface area is 184 Å². The second kappa shape index (κ2) is 9.11. The van der Waals surface area contributed by atoms with E-state index in [4.69, 9.17) is 8.83 Å². The molecule has 0 saturated carbocycles. The predicted molar refractivity (Wildman–Crippen MR) is 120 cm³/mol. The van der Waals surface area contributed by atoms with Crippen LogP contribution in [0.2, 0.25) is 0 Å². The first kappa shape index (κ1) is 21.4. The van der Waals surface area contributed by atoms with Crippen molar-refractivity contribution in [2.24, 2.45) is 0 Å². The van der Waals surface area contributed by atoms with Crippen LogP contribution in [0, 0.1) is 6.92 Å². The monoisotopic (exact) mass is 432 g/mol. The lowest BCUT2D eigenvalue weighted by atomic mass is 10.1. The molecule has 0 saturated heterocycles. The van der Waals surface area contributed by atoms with Crippen molar-refractivity contribution in [1.82, 2.24) is 10.2 Å². The number of amides is 1. The highest BCUT2D eigenvalue weighted by atomic mass is 16.4. The van der Waals surface area contributed by atoms with E-state index < -0.39 is 5.63 Å². The van der Waals surface area contributed by atoms with Gasteiger partial charge in [-0.2, -0.15) is 0 Å². The van der Waals surface area contributed by atoms with Crippen LogP contribution in [0.1, 0.15) is 32.8 Å². The Balaban J connectivity index is 1.66. The van der Waals surface area contributed by atoms with Crippen LogP contribution in [-0.4, -0.2) is 23.0 Å². The van der Waals surface area contributed by atoms with Gasteiger partial charge in [-0.15, -0.1) is 0 Å². The van der Waals surface area contributed by atoms with Crippen molar-refractivity contribution in [1.29, 1.82) is 0 Å². The summed E-state index contributed by atoms with van der Waals surface area (Å²) in [6.45, 7) is 3.29. The number of fused-ring (bicyclic) bond motifs is 1. The maximum Gasteiger partial charge on any atom is 0.336 e. The minimum Gasteiger partial charge on any atom is -0.508 e. The molecular formula is C25H24N2O5. The highest BCUT2D eigenvalue weighted by Gasteiger charge is 2.16. The first-order valence-corrected chi connectivity index (χ1v) is 10.3. The maximum absolute atomic E-state index is 12.2. The second-order valence-electron chi connectivity index (χ2n) is 7.68. The summed E-state index contributed by atoms with van der Waals surface area (Å²) in [5.41, 5.74) is 2.87. The SMILES string of the molecule is CNC(=O)c1ccc(CN(Cc2ccco2)Cc2cc(=O)oc3c(C)c(O)ccc23)cc1. The normalized spacial score (nSPS) is 11.2. The summed E-state index contributed by atoms with van der Waals surface area (Å²) in [5.74, 6) is 0.750. The van der Waals surface area contributed by atoms with E-state index in [9.17, 15) is 14.7 Å². The standard InChI is InChI=1S/C25H24N2O5/c1-16-22(28)10-9-21-19(12-23(29)32-24(16)21)14-27(15-20-4-3-11-31-20)13-17-5-7-18(8-6-17)25(30)26-2/h3-12,28H,13-15H2,1-2H3,(H,26,30). The van der Waals surface area contributed by atoms with Crippen molar-refractivity contribution in [2.75, 3.05) is 7.05 Å². The van der Waals surface area contributed by atoms with E-state index in [0.717, 1.165) is 22.3 Å². The lowest BCUT2D eigenvalue weighted by Crippen LogP contribution is -2.23. The quantitative estimate of drug-likeness (QED) is 0.429. The number of nitrogens with one attached hydrogen (secondary N) is 1. The Kier molecular flexibility index (Phi) is 6.09. The largest absolute Gasteiger partial charge is 0.508 e. The molecule has 2 N–H and O–H groups in total. The summed E-state index contributed by atoms with van der Waals surface area (Å²) in [6, 6.07) is 16.0. The summed E-state index contributed by atoms with van der Waals surface area (Å²) in [5, 5.41) is 13.4. The van der Waals surface area contributed by atoms with Crippen LogP contribution in [0.4, 0.5) is 0 Å². The van der Waals surface area contributed by atoms with Crippen molar-refractivity contribution in [2.45, 2.75) is 26.6 Å². The van der Waals surface area contributed by atoms with Crippen LogP contribution < -0.4 is 10.9 Å². The number of aryl methyl sites for hydroxylation is 1. The van der Waals surface area contributed by atoms with E-state index in [1.807, 2.05) is 24.3 Å². The zero-order valence-corrected chi connectivity index (χ0v) is 17.9. The fourth-order valence-electron chi connectivity index (χ4n) is 3.74. The Hall–Kier alpha value is -3.84. The molecule has 7 nitrogen and oxygen atoms in total. The molecule has 0 fully saturated rings. The molecule has 2 heterocycles. The van der Waals surface area contributed by atoms with E-state index in [1.165, 1.54) is 6.07 Å². The van der Waals surface area contributed by atoms with Crippen molar-refractivity contribution in [3.05, 3.63) is 99.3 Å². The average molecular weight is 432 g/mol. The summed E-state index contributed by atoms with van der Waals surface area (Å²) in [6.07, 6.45) is 1.63. The molecular weight excluding hydrogens is 408 g/mol. The molecule has 0 aliphatic carbocycles. The third-order valence-electron chi connectivity index (χ3n) is 5.42. The summed E-state index contributed by atoms with van der Waals surface area (Å²) >= 11 is 0. The Morgan fingerprint density at radius 2 is 1.84 bits per heavy atom. The highest BCUT2D eigenvalue weighted by Crippen LogP contribution is 2.28. The maximum atomic E-state index is 12.2. The van der Waals surface area contributed by atoms with Crippen LogP contribution in [-0.2, 0) is 19.6 Å². The van der Waals surface area contributed by atoms with E-state index in [0.29, 0.717) is 36.3 Å². The molecule has 0 atom stereocenters. The molecule has 164 valence electrons. The number of carbonyl (C=O) groups excluding carboxylic acids is 1. The molecule has 0 aliphatic rings. The molecule has 0 unspecified atom stereocenters. The topological polar surface area (TPSA) is 95.9 Å². The van der Waals surface area contributed by atoms with Gasteiger partial charge in [0.15, 0.2) is 0 Å². The minimum atomic E-state index is -0.464. The van der Waals surface area contributed by atoms with Gasteiger partial charge >= 0.3 is 5.63 Å². The third kappa shape index (κ3) is 4.58. The van der Waals surface area contributed by atoms with Crippen LogP contribution in [0.15, 0.2) is 74.5 Å². The second-order valence-corrected chi connectivity index (χ2v) is 7.68. The van der Waals surface area contributed by atoms with Crippen LogP contribution in [0.5, 0.6) is 5.75 Å². The van der Waals surface area contributed by atoms with Crippen LogP contribution >= 0.6 is 0 Å². The average Bonchev–Trinajstić information content (AvgIpc) is 3.29. The number of carbonyl (C=O) groups is 1. The van der Waals surface area contributed by atoms with Crippen LogP contribution in [0.25, 0.3) is 11.0 Å². The van der Waals surface area contributed by atoms with E-state index in [-0.39, 0.29) is 11.7 Å². The van der Waals surface area contributed by atoms with Gasteiger partial charge in [0, 0.05) is 42.7 Å². The van der Waals surface area contributed by atoms with Crippen LogP contribution in [0.3, 0.4) is 0 Å². The Bertz CT molecular complexity index is 1290. The fraction of sp³-hybridized carbons (Fsp3) is 0.200. The molecule has 2 aromatic carbocycles. The molecule has 0 radical (unpaired) electrons. The van der Waals surface area contributed by atoms with Gasteiger partial charge in [-0.25, -0.2) is 4.79 Å². The van der Waals surface area contributed by atoms with Crippen molar-refractivity contribution in [3.8, 4) is 5.75 Å². The fourth-order valence-corrected chi connectivity index (χ4v) is 3.74. The van der Waals surface area contributed by atoms with Crippen molar-refractivity contribution < 1.29 is 18.7 Å². The van der Waals surface area contributed by atoms with Crippen molar-refractivity contribution >= 4 is 16.9 Å². The Morgan fingerprint density at radius 3 is 2.53 bits per heavy atom. The minimum absolute atomic E-state index is 0.0847. The van der Waals surface area contributed by atoms with E-state index in [1.54, 1.807) is 44.5 Å². The zero-order chi connectivity index (χ0) is 22.7. The van der Waals surface area contributed by atoms with E-state index in [2.05, 4.69) is 10.2 Å². The number of benzene rings is 2. The lowest BCUT2D eigenvalue weighted by Gasteiger charge is -2.22. The summed E-state index contributed by atoms with van der Waals surface area (Å²) in [4.78, 5) is 26.2. The number of phenolic OH excluding ortho intramolecular Hbond substituents is 1. The van der Waals surface area contributed by atoms with Gasteiger partial charge in [0.05, 0.1) is 12.8 Å². The number of aromatic hydroxyl groups is 1. The molecule has 1 amide bonds. The molecule has 0 bridgehead atoms. The van der Waals surface area contributed by atoms with Crippen molar-refractivity contribution in [3.63, 3.8) is 0 Å². The third-order valence-corrected chi connectivity index (χ3v) is 5.42.